The van der Waals surface area contributed by atoms with Crippen molar-refractivity contribution in [2.45, 2.75) is 45.1 Å². The fourth-order valence-corrected chi connectivity index (χ4v) is 3.81. The molecule has 2 fully saturated rings. The predicted octanol–water partition coefficient (Wildman–Crippen LogP) is 3.07. The molecule has 1 aliphatic heterocycles. The molecule has 2 amide bonds. The number of hydrogen-bond acceptors (Lipinski definition) is 6. The van der Waals surface area contributed by atoms with Crippen molar-refractivity contribution in [3.63, 3.8) is 0 Å². The maximum Gasteiger partial charge on any atom is 0.325 e. The molecule has 160 valence electrons. The van der Waals surface area contributed by atoms with Crippen LogP contribution < -0.4 is 4.90 Å². The molecule has 4 heterocycles. The highest BCUT2D eigenvalue weighted by Gasteiger charge is 2.30. The summed E-state index contributed by atoms with van der Waals surface area (Å²) < 4.78 is 1.97. The third-order valence-corrected chi connectivity index (χ3v) is 5.80. The van der Waals surface area contributed by atoms with E-state index in [4.69, 9.17) is 4.98 Å². The molecule has 2 aliphatic rings. The summed E-state index contributed by atoms with van der Waals surface area (Å²) in [7, 11) is 0. The summed E-state index contributed by atoms with van der Waals surface area (Å²) in [6.45, 7) is 6.08. The molecule has 0 atom stereocenters. The first kappa shape index (κ1) is 19.6. The Labute approximate surface area is 181 Å². The Balaban J connectivity index is 1.25. The monoisotopic (exact) mass is 418 g/mol. The van der Waals surface area contributed by atoms with Crippen LogP contribution in [-0.2, 0) is 6.42 Å². The zero-order valence-electron chi connectivity index (χ0n) is 17.8. The number of aromatic nitrogens is 6. The lowest BCUT2D eigenvalue weighted by molar-refractivity contribution is 0.221. The molecule has 1 saturated carbocycles. The summed E-state index contributed by atoms with van der Waals surface area (Å²) in [5, 5.41) is 8.24. The highest BCUT2D eigenvalue weighted by molar-refractivity contribution is 5.93. The SMILES string of the molecule is CC(C)n1cnnc1-c1cccc(N2CCN(CCc3cnc(C4CC4)nc3)C2=O)n1. The molecule has 1 saturated heterocycles. The standard InChI is InChI=1S/C22H26N8O/c1-15(2)30-14-25-27-21(30)18-4-3-5-19(26-18)29-11-10-28(22(29)31)9-8-16-12-23-20(24-13-16)17-6-7-17/h3-5,12-15,17H,6-11H2,1-2H3. The second kappa shape index (κ2) is 8.05. The van der Waals surface area contributed by atoms with Gasteiger partial charge in [0.05, 0.1) is 0 Å². The quantitative estimate of drug-likeness (QED) is 0.585. The van der Waals surface area contributed by atoms with Gasteiger partial charge in [0.2, 0.25) is 0 Å². The largest absolute Gasteiger partial charge is 0.325 e. The van der Waals surface area contributed by atoms with Crippen LogP contribution in [0.4, 0.5) is 10.6 Å². The Morgan fingerprint density at radius 3 is 2.68 bits per heavy atom. The van der Waals surface area contributed by atoms with Gasteiger partial charge in [-0.15, -0.1) is 10.2 Å². The van der Waals surface area contributed by atoms with E-state index < -0.39 is 0 Å². The average molecular weight is 419 g/mol. The molecule has 0 radical (unpaired) electrons. The van der Waals surface area contributed by atoms with Crippen LogP contribution in [0.1, 0.15) is 50.0 Å². The zero-order chi connectivity index (χ0) is 21.4. The van der Waals surface area contributed by atoms with Crippen LogP contribution >= 0.6 is 0 Å². The molecule has 0 N–H and O–H groups in total. The molecule has 0 spiro atoms. The van der Waals surface area contributed by atoms with Gasteiger partial charge in [0, 0.05) is 44.0 Å². The van der Waals surface area contributed by atoms with Gasteiger partial charge in [0.15, 0.2) is 5.82 Å². The van der Waals surface area contributed by atoms with Gasteiger partial charge in [-0.2, -0.15) is 0 Å². The van der Waals surface area contributed by atoms with Gasteiger partial charge in [-0.3, -0.25) is 4.90 Å². The van der Waals surface area contributed by atoms with Crippen LogP contribution in [0.2, 0.25) is 0 Å². The first-order valence-electron chi connectivity index (χ1n) is 10.8. The van der Waals surface area contributed by atoms with E-state index in [-0.39, 0.29) is 12.1 Å². The number of rotatable bonds is 7. The van der Waals surface area contributed by atoms with Crippen molar-refractivity contribution in [3.05, 3.63) is 48.3 Å². The van der Waals surface area contributed by atoms with Crippen LogP contribution in [-0.4, -0.2) is 60.3 Å². The van der Waals surface area contributed by atoms with Crippen LogP contribution in [0.15, 0.2) is 36.9 Å². The minimum absolute atomic E-state index is 0.0227. The van der Waals surface area contributed by atoms with Crippen molar-refractivity contribution in [1.82, 2.24) is 34.6 Å². The Bertz CT molecular complexity index is 1070. The number of amides is 2. The summed E-state index contributed by atoms with van der Waals surface area (Å²) in [5.74, 6) is 2.85. The molecular formula is C22H26N8O. The maximum absolute atomic E-state index is 13.0. The third-order valence-electron chi connectivity index (χ3n) is 5.80. The van der Waals surface area contributed by atoms with E-state index in [2.05, 4.69) is 34.0 Å². The number of carbonyl (C=O) groups is 1. The van der Waals surface area contributed by atoms with Gasteiger partial charge >= 0.3 is 6.03 Å². The molecule has 0 bridgehead atoms. The molecule has 3 aromatic heterocycles. The third kappa shape index (κ3) is 3.99. The summed E-state index contributed by atoms with van der Waals surface area (Å²) in [6, 6.07) is 5.87. The fraction of sp³-hybridized carbons (Fsp3) is 0.455. The minimum Gasteiger partial charge on any atom is -0.322 e. The highest BCUT2D eigenvalue weighted by atomic mass is 16.2. The van der Waals surface area contributed by atoms with Crippen LogP contribution in [0.3, 0.4) is 0 Å². The Morgan fingerprint density at radius 2 is 1.94 bits per heavy atom. The fourth-order valence-electron chi connectivity index (χ4n) is 3.81. The Kier molecular flexibility index (Phi) is 5.09. The summed E-state index contributed by atoms with van der Waals surface area (Å²) >= 11 is 0. The van der Waals surface area contributed by atoms with Crippen LogP contribution in [0, 0.1) is 0 Å². The number of urea groups is 1. The number of pyridine rings is 1. The normalized spacial score (nSPS) is 16.5. The van der Waals surface area contributed by atoms with E-state index in [1.165, 1.54) is 12.8 Å². The van der Waals surface area contributed by atoms with Crippen molar-refractivity contribution in [3.8, 4) is 11.5 Å². The average Bonchev–Trinajstić information content (AvgIpc) is 3.39. The van der Waals surface area contributed by atoms with Crippen molar-refractivity contribution in [2.24, 2.45) is 0 Å². The lowest BCUT2D eigenvalue weighted by atomic mass is 10.2. The van der Waals surface area contributed by atoms with E-state index in [0.29, 0.717) is 42.9 Å². The molecular weight excluding hydrogens is 392 g/mol. The Morgan fingerprint density at radius 1 is 1.13 bits per heavy atom. The van der Waals surface area contributed by atoms with Gasteiger partial charge < -0.3 is 9.47 Å². The highest BCUT2D eigenvalue weighted by Crippen LogP contribution is 2.37. The number of carbonyl (C=O) groups excluding carboxylic acids is 1. The number of hydrogen-bond donors (Lipinski definition) is 0. The predicted molar refractivity (Wildman–Crippen MR) is 116 cm³/mol. The zero-order valence-corrected chi connectivity index (χ0v) is 17.8. The first-order valence-corrected chi connectivity index (χ1v) is 10.8. The van der Waals surface area contributed by atoms with E-state index in [9.17, 15) is 4.79 Å². The van der Waals surface area contributed by atoms with Crippen molar-refractivity contribution >= 4 is 11.8 Å². The van der Waals surface area contributed by atoms with Crippen molar-refractivity contribution in [2.75, 3.05) is 24.5 Å². The number of nitrogens with zero attached hydrogens (tertiary/aromatic N) is 8. The molecule has 0 aromatic carbocycles. The molecule has 31 heavy (non-hydrogen) atoms. The lowest BCUT2D eigenvalue weighted by Gasteiger charge is -2.18. The minimum atomic E-state index is -0.0227. The maximum atomic E-state index is 13.0. The van der Waals surface area contributed by atoms with E-state index in [1.807, 2.05) is 40.1 Å². The summed E-state index contributed by atoms with van der Waals surface area (Å²) in [4.78, 5) is 30.2. The molecule has 9 heteroatoms. The molecule has 3 aromatic rings. The lowest BCUT2D eigenvalue weighted by Crippen LogP contribution is -2.33. The van der Waals surface area contributed by atoms with E-state index >= 15 is 0 Å². The second-order valence-electron chi connectivity index (χ2n) is 8.43. The van der Waals surface area contributed by atoms with Crippen LogP contribution in [0.25, 0.3) is 11.5 Å². The van der Waals surface area contributed by atoms with Gasteiger partial charge in [0.25, 0.3) is 0 Å². The van der Waals surface area contributed by atoms with Crippen LogP contribution in [0.5, 0.6) is 0 Å². The molecule has 1 aliphatic carbocycles. The van der Waals surface area contributed by atoms with E-state index in [0.717, 1.165) is 17.8 Å². The smallest absolute Gasteiger partial charge is 0.322 e. The van der Waals surface area contributed by atoms with Gasteiger partial charge in [-0.1, -0.05) is 6.07 Å². The summed E-state index contributed by atoms with van der Waals surface area (Å²) in [6.07, 6.45) is 8.64. The van der Waals surface area contributed by atoms with Gasteiger partial charge in [0.1, 0.15) is 23.7 Å². The van der Waals surface area contributed by atoms with Gasteiger partial charge in [-0.25, -0.2) is 19.7 Å². The molecule has 9 nitrogen and oxygen atoms in total. The second-order valence-corrected chi connectivity index (χ2v) is 8.43. The molecule has 5 rings (SSSR count). The van der Waals surface area contributed by atoms with Crippen molar-refractivity contribution in [1.29, 1.82) is 0 Å². The number of anilines is 1. The van der Waals surface area contributed by atoms with Gasteiger partial charge in [-0.05, 0) is 50.8 Å². The summed E-state index contributed by atoms with van der Waals surface area (Å²) in [5.41, 5.74) is 1.77. The molecule has 0 unspecified atom stereocenters. The topological polar surface area (TPSA) is 92.9 Å². The Hall–Kier alpha value is -3.36. The first-order chi connectivity index (χ1) is 15.1. The van der Waals surface area contributed by atoms with E-state index in [1.54, 1.807) is 11.2 Å². The van der Waals surface area contributed by atoms with Crippen molar-refractivity contribution < 1.29 is 4.79 Å².